The Morgan fingerprint density at radius 3 is 2.78 bits per heavy atom. The molecule has 1 saturated carbocycles. The highest BCUT2D eigenvalue weighted by molar-refractivity contribution is 7.80. The number of phenolic OH excluding ortho intramolecular Hbond substituents is 1. The predicted molar refractivity (Wildman–Crippen MR) is 114 cm³/mol. The molecule has 148 valence electrons. The van der Waals surface area contributed by atoms with Gasteiger partial charge in [0.2, 0.25) is 5.91 Å². The standard InChI is InChI=1S/C20H30N4O2S/c1-4-7-19(26)21-15-10-11-18(25)16(12-15)14(3)23-24-20(27)22-17-9-6-5-8-13(17)2/h10-13,17,25H,4-9H2,1-3H3,(H,21,26)(H2,22,24,27)/b23-14+/t13-,17-/m0/s1. The number of nitrogens with zero attached hydrogens (tertiary/aromatic N) is 1. The molecule has 1 aliphatic rings. The van der Waals surface area contributed by atoms with E-state index in [1.165, 1.54) is 19.3 Å². The van der Waals surface area contributed by atoms with Gasteiger partial charge in [0.05, 0.1) is 5.71 Å². The first-order valence-corrected chi connectivity index (χ1v) is 10.1. The second-order valence-electron chi connectivity index (χ2n) is 7.18. The van der Waals surface area contributed by atoms with E-state index in [9.17, 15) is 9.90 Å². The summed E-state index contributed by atoms with van der Waals surface area (Å²) in [5.41, 5.74) is 4.63. The van der Waals surface area contributed by atoms with E-state index in [4.69, 9.17) is 12.2 Å². The van der Waals surface area contributed by atoms with Crippen LogP contribution in [-0.2, 0) is 4.79 Å². The third kappa shape index (κ3) is 6.50. The van der Waals surface area contributed by atoms with Crippen LogP contribution in [0.2, 0.25) is 0 Å². The van der Waals surface area contributed by atoms with Crippen molar-refractivity contribution in [3.05, 3.63) is 23.8 Å². The van der Waals surface area contributed by atoms with Crippen molar-refractivity contribution in [2.45, 2.75) is 65.3 Å². The zero-order valence-electron chi connectivity index (χ0n) is 16.3. The van der Waals surface area contributed by atoms with E-state index < -0.39 is 0 Å². The number of hydrazone groups is 1. The number of phenols is 1. The number of carbonyl (C=O) groups excluding carboxylic acids is 1. The number of thiocarbonyl (C=S) groups is 1. The molecule has 2 atom stereocenters. The molecule has 2 rings (SSSR count). The highest BCUT2D eigenvalue weighted by atomic mass is 32.1. The molecule has 27 heavy (non-hydrogen) atoms. The molecule has 0 aromatic heterocycles. The zero-order valence-corrected chi connectivity index (χ0v) is 17.2. The van der Waals surface area contributed by atoms with Crippen LogP contribution < -0.4 is 16.1 Å². The molecule has 0 unspecified atom stereocenters. The van der Waals surface area contributed by atoms with E-state index in [0.717, 1.165) is 12.8 Å². The van der Waals surface area contributed by atoms with Crippen molar-refractivity contribution in [3.8, 4) is 5.75 Å². The summed E-state index contributed by atoms with van der Waals surface area (Å²) in [4.78, 5) is 11.8. The van der Waals surface area contributed by atoms with Crippen LogP contribution in [0.25, 0.3) is 0 Å². The van der Waals surface area contributed by atoms with Crippen LogP contribution in [0.15, 0.2) is 23.3 Å². The molecule has 1 aliphatic carbocycles. The van der Waals surface area contributed by atoms with Gasteiger partial charge in [-0.25, -0.2) is 0 Å². The molecule has 4 N–H and O–H groups in total. The van der Waals surface area contributed by atoms with Crippen LogP contribution in [-0.4, -0.2) is 27.9 Å². The normalized spacial score (nSPS) is 20.0. The molecule has 0 spiro atoms. The Labute approximate surface area is 166 Å². The van der Waals surface area contributed by atoms with Crippen molar-refractivity contribution in [1.29, 1.82) is 0 Å². The number of aromatic hydroxyl groups is 1. The molecule has 0 aliphatic heterocycles. The van der Waals surface area contributed by atoms with Gasteiger partial charge < -0.3 is 15.7 Å². The highest BCUT2D eigenvalue weighted by Gasteiger charge is 2.21. The fraction of sp³-hybridized carbons (Fsp3) is 0.550. The van der Waals surface area contributed by atoms with Crippen molar-refractivity contribution in [2.75, 3.05) is 5.32 Å². The number of nitrogens with one attached hydrogen (secondary N) is 3. The van der Waals surface area contributed by atoms with Gasteiger partial charge in [0, 0.05) is 23.7 Å². The fourth-order valence-electron chi connectivity index (χ4n) is 3.28. The Balaban J connectivity index is 1.99. The van der Waals surface area contributed by atoms with E-state index in [2.05, 4.69) is 28.1 Å². The molecule has 0 heterocycles. The Morgan fingerprint density at radius 1 is 1.33 bits per heavy atom. The van der Waals surface area contributed by atoms with Crippen molar-refractivity contribution < 1.29 is 9.90 Å². The lowest BCUT2D eigenvalue weighted by Gasteiger charge is -2.30. The van der Waals surface area contributed by atoms with Gasteiger partial charge in [0.1, 0.15) is 5.75 Å². The lowest BCUT2D eigenvalue weighted by molar-refractivity contribution is -0.116. The predicted octanol–water partition coefficient (Wildman–Crippen LogP) is 3.90. The highest BCUT2D eigenvalue weighted by Crippen LogP contribution is 2.24. The minimum Gasteiger partial charge on any atom is -0.507 e. The van der Waals surface area contributed by atoms with Crippen LogP contribution in [0, 0.1) is 5.92 Å². The molecule has 6 nitrogen and oxygen atoms in total. The third-order valence-electron chi connectivity index (χ3n) is 4.90. The van der Waals surface area contributed by atoms with Crippen molar-refractivity contribution in [2.24, 2.45) is 11.0 Å². The molecule has 0 bridgehead atoms. The second kappa shape index (κ2) is 10.3. The van der Waals surface area contributed by atoms with Gasteiger partial charge >= 0.3 is 0 Å². The molecular weight excluding hydrogens is 360 g/mol. The monoisotopic (exact) mass is 390 g/mol. The minimum absolute atomic E-state index is 0.0474. The SMILES string of the molecule is CCCC(=O)Nc1ccc(O)c(/C(C)=N/NC(=S)N[C@H]2CCCC[C@@H]2C)c1. The Bertz CT molecular complexity index is 705. The lowest BCUT2D eigenvalue weighted by Crippen LogP contribution is -2.44. The number of amides is 1. The molecule has 1 aromatic rings. The summed E-state index contributed by atoms with van der Waals surface area (Å²) in [5.74, 6) is 0.649. The van der Waals surface area contributed by atoms with Gasteiger partial charge in [0.25, 0.3) is 0 Å². The number of hydrogen-bond acceptors (Lipinski definition) is 4. The second-order valence-corrected chi connectivity index (χ2v) is 7.59. The molecule has 1 aromatic carbocycles. The Kier molecular flexibility index (Phi) is 8.03. The zero-order chi connectivity index (χ0) is 19.8. The topological polar surface area (TPSA) is 85.8 Å². The summed E-state index contributed by atoms with van der Waals surface area (Å²) < 4.78 is 0. The lowest BCUT2D eigenvalue weighted by atomic mass is 9.86. The van der Waals surface area contributed by atoms with Crippen molar-refractivity contribution in [1.82, 2.24) is 10.7 Å². The van der Waals surface area contributed by atoms with Crippen LogP contribution in [0.5, 0.6) is 5.75 Å². The summed E-state index contributed by atoms with van der Waals surface area (Å²) >= 11 is 5.35. The van der Waals surface area contributed by atoms with E-state index in [0.29, 0.717) is 40.5 Å². The maximum absolute atomic E-state index is 11.8. The first-order valence-electron chi connectivity index (χ1n) is 9.64. The van der Waals surface area contributed by atoms with E-state index in [1.54, 1.807) is 25.1 Å². The average Bonchev–Trinajstić information content (AvgIpc) is 2.63. The number of anilines is 1. The molecule has 7 heteroatoms. The molecule has 1 amide bonds. The molecule has 0 radical (unpaired) electrons. The Morgan fingerprint density at radius 2 is 2.07 bits per heavy atom. The third-order valence-corrected chi connectivity index (χ3v) is 5.11. The van der Waals surface area contributed by atoms with E-state index in [-0.39, 0.29) is 11.7 Å². The summed E-state index contributed by atoms with van der Waals surface area (Å²) in [5, 5.41) is 21.1. The summed E-state index contributed by atoms with van der Waals surface area (Å²) in [7, 11) is 0. The number of rotatable bonds is 6. The summed E-state index contributed by atoms with van der Waals surface area (Å²) in [6, 6.07) is 5.31. The van der Waals surface area contributed by atoms with E-state index in [1.807, 2.05) is 6.92 Å². The summed E-state index contributed by atoms with van der Waals surface area (Å²) in [6.45, 7) is 5.98. The van der Waals surface area contributed by atoms with Crippen LogP contribution in [0.3, 0.4) is 0 Å². The van der Waals surface area contributed by atoms with Crippen molar-refractivity contribution >= 4 is 34.6 Å². The van der Waals surface area contributed by atoms with Crippen molar-refractivity contribution in [3.63, 3.8) is 0 Å². The van der Waals surface area contributed by atoms with Gasteiger partial charge in [-0.2, -0.15) is 5.10 Å². The smallest absolute Gasteiger partial charge is 0.224 e. The van der Waals surface area contributed by atoms with Crippen LogP contribution in [0.1, 0.15) is 64.9 Å². The first-order chi connectivity index (χ1) is 12.9. The maximum Gasteiger partial charge on any atom is 0.224 e. The minimum atomic E-state index is -0.0474. The molecule has 1 fully saturated rings. The van der Waals surface area contributed by atoms with Gasteiger partial charge in [-0.15, -0.1) is 0 Å². The van der Waals surface area contributed by atoms with Gasteiger partial charge in [-0.1, -0.05) is 26.7 Å². The van der Waals surface area contributed by atoms with Gasteiger partial charge in [0.15, 0.2) is 5.11 Å². The largest absolute Gasteiger partial charge is 0.507 e. The Hall–Kier alpha value is -2.15. The number of carbonyl (C=O) groups is 1. The van der Waals surface area contributed by atoms with Crippen LogP contribution in [0.4, 0.5) is 5.69 Å². The fourth-order valence-corrected chi connectivity index (χ4v) is 3.48. The van der Waals surface area contributed by atoms with Gasteiger partial charge in [-0.05, 0) is 62.5 Å². The number of hydrogen-bond donors (Lipinski definition) is 4. The van der Waals surface area contributed by atoms with Gasteiger partial charge in [-0.3, -0.25) is 10.2 Å². The van der Waals surface area contributed by atoms with E-state index >= 15 is 0 Å². The number of benzene rings is 1. The maximum atomic E-state index is 11.8. The molecule has 0 saturated heterocycles. The molecular formula is C20H30N4O2S. The summed E-state index contributed by atoms with van der Waals surface area (Å²) in [6.07, 6.45) is 6.08. The van der Waals surface area contributed by atoms with Crippen LogP contribution >= 0.6 is 12.2 Å². The first kappa shape index (κ1) is 21.2. The quantitative estimate of drug-likeness (QED) is 0.256. The average molecular weight is 391 g/mol.